The van der Waals surface area contributed by atoms with Crippen molar-refractivity contribution in [2.24, 2.45) is 11.7 Å². The van der Waals surface area contributed by atoms with E-state index in [1.165, 1.54) is 0 Å². The van der Waals surface area contributed by atoms with Crippen molar-refractivity contribution in [3.05, 3.63) is 0 Å². The van der Waals surface area contributed by atoms with Crippen LogP contribution in [-0.2, 0) is 9.53 Å². The Morgan fingerprint density at radius 1 is 1.67 bits per heavy atom. The third-order valence-corrected chi connectivity index (χ3v) is 2.20. The molecule has 0 aromatic heterocycles. The molecule has 12 heavy (non-hydrogen) atoms. The van der Waals surface area contributed by atoms with Gasteiger partial charge in [0.1, 0.15) is 0 Å². The van der Waals surface area contributed by atoms with Crippen LogP contribution in [0.1, 0.15) is 19.8 Å². The van der Waals surface area contributed by atoms with Crippen molar-refractivity contribution in [2.75, 3.05) is 6.61 Å². The second-order valence-corrected chi connectivity index (χ2v) is 3.15. The second kappa shape index (κ2) is 3.87. The highest BCUT2D eigenvalue weighted by molar-refractivity contribution is 5.73. The van der Waals surface area contributed by atoms with Gasteiger partial charge in [-0.1, -0.05) is 0 Å². The van der Waals surface area contributed by atoms with Crippen LogP contribution in [0.3, 0.4) is 0 Å². The van der Waals surface area contributed by atoms with Crippen LogP contribution in [0.15, 0.2) is 0 Å². The van der Waals surface area contributed by atoms with Crippen LogP contribution in [0.4, 0.5) is 0 Å². The van der Waals surface area contributed by atoms with Gasteiger partial charge in [-0.05, 0) is 19.8 Å². The van der Waals surface area contributed by atoms with Crippen LogP contribution in [0.25, 0.3) is 0 Å². The SMILES string of the molecule is CCOC(=O)[C@H]1C[C@@H](N)[C@H](O)C1. The monoisotopic (exact) mass is 173 g/mol. The minimum absolute atomic E-state index is 0.199. The number of rotatable bonds is 2. The van der Waals surface area contributed by atoms with Crippen molar-refractivity contribution in [3.8, 4) is 0 Å². The van der Waals surface area contributed by atoms with Gasteiger partial charge in [-0.3, -0.25) is 4.79 Å². The van der Waals surface area contributed by atoms with Gasteiger partial charge in [-0.2, -0.15) is 0 Å². The van der Waals surface area contributed by atoms with Crippen molar-refractivity contribution >= 4 is 5.97 Å². The quantitative estimate of drug-likeness (QED) is 0.560. The number of ether oxygens (including phenoxy) is 1. The lowest BCUT2D eigenvalue weighted by Gasteiger charge is -2.06. The summed E-state index contributed by atoms with van der Waals surface area (Å²) in [6.45, 7) is 2.16. The maximum Gasteiger partial charge on any atom is 0.309 e. The van der Waals surface area contributed by atoms with E-state index in [1.807, 2.05) is 0 Å². The summed E-state index contributed by atoms with van der Waals surface area (Å²) in [7, 11) is 0. The molecule has 1 rings (SSSR count). The van der Waals surface area contributed by atoms with Crippen molar-refractivity contribution in [3.63, 3.8) is 0 Å². The fourth-order valence-electron chi connectivity index (χ4n) is 1.50. The van der Waals surface area contributed by atoms with E-state index in [2.05, 4.69) is 0 Å². The van der Waals surface area contributed by atoms with Crippen molar-refractivity contribution in [1.82, 2.24) is 0 Å². The first kappa shape index (κ1) is 9.48. The molecule has 1 aliphatic carbocycles. The Labute approximate surface area is 71.7 Å². The molecular weight excluding hydrogens is 158 g/mol. The summed E-state index contributed by atoms with van der Waals surface area (Å²) in [6.07, 6.45) is 0.444. The van der Waals surface area contributed by atoms with Crippen LogP contribution in [0.2, 0.25) is 0 Å². The van der Waals surface area contributed by atoms with Crippen LogP contribution >= 0.6 is 0 Å². The third-order valence-electron chi connectivity index (χ3n) is 2.20. The first-order valence-corrected chi connectivity index (χ1v) is 4.25. The molecule has 4 nitrogen and oxygen atoms in total. The van der Waals surface area contributed by atoms with Gasteiger partial charge in [0.05, 0.1) is 18.6 Å². The molecule has 3 N–H and O–H groups in total. The number of carbonyl (C=O) groups excluding carboxylic acids is 1. The summed E-state index contributed by atoms with van der Waals surface area (Å²) in [6, 6.07) is -0.264. The molecule has 0 bridgehead atoms. The van der Waals surface area contributed by atoms with Crippen LogP contribution < -0.4 is 5.73 Å². The number of esters is 1. The molecule has 0 aromatic rings. The number of hydrogen-bond acceptors (Lipinski definition) is 4. The third kappa shape index (κ3) is 1.95. The molecule has 1 aliphatic rings. The molecule has 1 saturated carbocycles. The van der Waals surface area contributed by atoms with Gasteiger partial charge in [0, 0.05) is 6.04 Å². The molecule has 70 valence electrons. The van der Waals surface area contributed by atoms with Crippen LogP contribution in [0.5, 0.6) is 0 Å². The van der Waals surface area contributed by atoms with E-state index in [4.69, 9.17) is 10.5 Å². The highest BCUT2D eigenvalue weighted by Gasteiger charge is 2.35. The highest BCUT2D eigenvalue weighted by atomic mass is 16.5. The highest BCUT2D eigenvalue weighted by Crippen LogP contribution is 2.25. The molecule has 4 heteroatoms. The van der Waals surface area contributed by atoms with Gasteiger partial charge in [-0.25, -0.2) is 0 Å². The Morgan fingerprint density at radius 2 is 2.33 bits per heavy atom. The number of nitrogens with two attached hydrogens (primary N) is 1. The van der Waals surface area contributed by atoms with Gasteiger partial charge in [0.25, 0.3) is 0 Å². The normalized spacial score (nSPS) is 35.1. The topological polar surface area (TPSA) is 72.5 Å². The Balaban J connectivity index is 2.40. The molecule has 0 heterocycles. The molecule has 3 atom stereocenters. The fraction of sp³-hybridized carbons (Fsp3) is 0.875. The second-order valence-electron chi connectivity index (χ2n) is 3.15. The molecule has 0 aliphatic heterocycles. The predicted octanol–water partition coefficient (Wildman–Crippen LogP) is -0.352. The smallest absolute Gasteiger partial charge is 0.309 e. The molecular formula is C8H15NO3. The zero-order chi connectivity index (χ0) is 9.14. The number of carbonyl (C=O) groups is 1. The summed E-state index contributed by atoms with van der Waals surface area (Å²) >= 11 is 0. The maximum atomic E-state index is 11.1. The van der Waals surface area contributed by atoms with Gasteiger partial charge >= 0.3 is 5.97 Å². The Morgan fingerprint density at radius 3 is 2.75 bits per heavy atom. The predicted molar refractivity (Wildman–Crippen MR) is 43.3 cm³/mol. The largest absolute Gasteiger partial charge is 0.466 e. The first-order chi connectivity index (χ1) is 5.65. The van der Waals surface area contributed by atoms with E-state index in [0.29, 0.717) is 19.4 Å². The van der Waals surface area contributed by atoms with E-state index in [0.717, 1.165) is 0 Å². The molecule has 0 saturated heterocycles. The zero-order valence-electron chi connectivity index (χ0n) is 7.19. The minimum Gasteiger partial charge on any atom is -0.466 e. The van der Waals surface area contributed by atoms with Crippen LogP contribution in [-0.4, -0.2) is 29.8 Å². The average Bonchev–Trinajstić information content (AvgIpc) is 2.33. The molecule has 0 amide bonds. The van der Waals surface area contributed by atoms with E-state index in [9.17, 15) is 9.90 Å². The molecule has 0 aromatic carbocycles. The molecule has 1 fully saturated rings. The molecule has 0 radical (unpaired) electrons. The lowest BCUT2D eigenvalue weighted by molar-refractivity contribution is -0.148. The van der Waals surface area contributed by atoms with Gasteiger partial charge in [0.2, 0.25) is 0 Å². The van der Waals surface area contributed by atoms with E-state index in [-0.39, 0.29) is 17.9 Å². The molecule has 0 spiro atoms. The number of aliphatic hydroxyl groups is 1. The summed E-state index contributed by atoms with van der Waals surface area (Å²) in [5, 5.41) is 9.25. The molecule has 0 unspecified atom stereocenters. The lowest BCUT2D eigenvalue weighted by Crippen LogP contribution is -2.28. The minimum atomic E-state index is -0.542. The van der Waals surface area contributed by atoms with Crippen LogP contribution in [0, 0.1) is 5.92 Å². The van der Waals surface area contributed by atoms with Gasteiger partial charge in [-0.15, -0.1) is 0 Å². The van der Waals surface area contributed by atoms with E-state index < -0.39 is 6.10 Å². The van der Waals surface area contributed by atoms with Crippen molar-refractivity contribution in [1.29, 1.82) is 0 Å². The number of aliphatic hydroxyl groups excluding tert-OH is 1. The fourth-order valence-corrected chi connectivity index (χ4v) is 1.50. The summed E-state index contributed by atoms with van der Waals surface area (Å²) in [5.74, 6) is -0.431. The van der Waals surface area contributed by atoms with E-state index in [1.54, 1.807) is 6.92 Å². The number of hydrogen-bond donors (Lipinski definition) is 2. The standard InChI is InChI=1S/C8H15NO3/c1-2-12-8(11)5-3-6(9)7(10)4-5/h5-7,10H,2-4,9H2,1H3/t5-,6+,7+/m0/s1. The Hall–Kier alpha value is -0.610. The average molecular weight is 173 g/mol. The van der Waals surface area contributed by atoms with Gasteiger partial charge in [0.15, 0.2) is 0 Å². The zero-order valence-corrected chi connectivity index (χ0v) is 7.19. The summed E-state index contributed by atoms with van der Waals surface area (Å²) in [4.78, 5) is 11.1. The van der Waals surface area contributed by atoms with Crippen molar-refractivity contribution in [2.45, 2.75) is 31.9 Å². The van der Waals surface area contributed by atoms with E-state index >= 15 is 0 Å². The maximum absolute atomic E-state index is 11.1. The lowest BCUT2D eigenvalue weighted by atomic mass is 10.1. The first-order valence-electron chi connectivity index (χ1n) is 4.25. The Kier molecular flexibility index (Phi) is 3.05. The Bertz CT molecular complexity index is 162. The summed E-state index contributed by atoms with van der Waals surface area (Å²) < 4.78 is 4.82. The van der Waals surface area contributed by atoms with Gasteiger partial charge < -0.3 is 15.6 Å². The van der Waals surface area contributed by atoms with Crippen molar-refractivity contribution < 1.29 is 14.6 Å². The summed E-state index contributed by atoms with van der Waals surface area (Å²) in [5.41, 5.74) is 5.54.